The van der Waals surface area contributed by atoms with Crippen LogP contribution in [0.15, 0.2) is 18.2 Å². The Morgan fingerprint density at radius 1 is 1.10 bits per heavy atom. The molecule has 1 aromatic carbocycles. The van der Waals surface area contributed by atoms with Crippen molar-refractivity contribution < 1.29 is 0 Å². The van der Waals surface area contributed by atoms with Crippen LogP contribution >= 0.6 is 12.6 Å². The highest BCUT2D eigenvalue weighted by Gasteiger charge is 2.33. The Bertz CT molecular complexity index is 474. The fourth-order valence-corrected chi connectivity index (χ4v) is 4.63. The van der Waals surface area contributed by atoms with E-state index in [-0.39, 0.29) is 0 Å². The quantitative estimate of drug-likeness (QED) is 0.606. The van der Waals surface area contributed by atoms with Gasteiger partial charge in [-0.25, -0.2) is 0 Å². The molecule has 1 aliphatic carbocycles. The van der Waals surface area contributed by atoms with Crippen molar-refractivity contribution in [1.29, 1.82) is 0 Å². The maximum atomic E-state index is 4.76. The minimum absolute atomic E-state index is 0.444. The van der Waals surface area contributed by atoms with Crippen molar-refractivity contribution in [2.24, 2.45) is 5.41 Å². The second kappa shape index (κ2) is 6.64. The molecular formula is C19H29NS. The Morgan fingerprint density at radius 3 is 2.57 bits per heavy atom. The molecule has 2 heteroatoms. The summed E-state index contributed by atoms with van der Waals surface area (Å²) in [5, 5.41) is 0. The highest BCUT2D eigenvalue weighted by atomic mass is 32.1. The van der Waals surface area contributed by atoms with Gasteiger partial charge >= 0.3 is 0 Å². The molecule has 0 bridgehead atoms. The molecule has 1 fully saturated rings. The van der Waals surface area contributed by atoms with E-state index < -0.39 is 0 Å². The first kappa shape index (κ1) is 15.3. The molecule has 0 aromatic heterocycles. The highest BCUT2D eigenvalue weighted by molar-refractivity contribution is 7.80. The molecule has 1 saturated carbocycles. The fraction of sp³-hybridized carbons (Fsp3) is 0.684. The van der Waals surface area contributed by atoms with Crippen molar-refractivity contribution >= 4 is 18.3 Å². The number of hydrogen-bond acceptors (Lipinski definition) is 2. The fourth-order valence-electron chi connectivity index (χ4n) is 4.22. The van der Waals surface area contributed by atoms with Crippen LogP contribution in [0.2, 0.25) is 0 Å². The van der Waals surface area contributed by atoms with E-state index in [1.54, 1.807) is 5.56 Å². The molecule has 2 aliphatic rings. The Kier molecular flexibility index (Phi) is 4.83. The van der Waals surface area contributed by atoms with E-state index in [4.69, 9.17) is 12.6 Å². The monoisotopic (exact) mass is 303 g/mol. The van der Waals surface area contributed by atoms with Crippen molar-refractivity contribution in [3.8, 4) is 0 Å². The summed E-state index contributed by atoms with van der Waals surface area (Å²) in [5.41, 5.74) is 4.90. The van der Waals surface area contributed by atoms with Gasteiger partial charge in [-0.15, -0.1) is 0 Å². The van der Waals surface area contributed by atoms with E-state index in [1.165, 1.54) is 75.7 Å². The van der Waals surface area contributed by atoms with E-state index in [2.05, 4.69) is 30.0 Å². The first-order chi connectivity index (χ1) is 10.2. The topological polar surface area (TPSA) is 3.24 Å². The molecule has 1 aromatic rings. The summed E-state index contributed by atoms with van der Waals surface area (Å²) >= 11 is 4.76. The molecule has 0 spiro atoms. The van der Waals surface area contributed by atoms with Gasteiger partial charge in [0.2, 0.25) is 0 Å². The van der Waals surface area contributed by atoms with Crippen molar-refractivity contribution in [3.63, 3.8) is 0 Å². The molecule has 116 valence electrons. The van der Waals surface area contributed by atoms with E-state index in [1.807, 2.05) is 0 Å². The minimum atomic E-state index is 0.444. The molecular weight excluding hydrogens is 274 g/mol. The Labute approximate surface area is 135 Å². The third-order valence-electron chi connectivity index (χ3n) is 5.48. The van der Waals surface area contributed by atoms with Crippen molar-refractivity contribution in [2.75, 3.05) is 23.7 Å². The third-order valence-corrected chi connectivity index (χ3v) is 6.15. The number of anilines is 1. The van der Waals surface area contributed by atoms with Crippen LogP contribution in [0, 0.1) is 12.3 Å². The van der Waals surface area contributed by atoms with Gasteiger partial charge in [-0.2, -0.15) is 12.6 Å². The van der Waals surface area contributed by atoms with Gasteiger partial charge < -0.3 is 4.90 Å². The van der Waals surface area contributed by atoms with Crippen LogP contribution in [-0.2, 0) is 6.42 Å². The number of hydrogen-bond donors (Lipinski definition) is 1. The zero-order valence-electron chi connectivity index (χ0n) is 13.4. The number of fused-ring (bicyclic) bond motifs is 1. The number of aryl methyl sites for hydroxylation is 2. The van der Waals surface area contributed by atoms with Gasteiger partial charge in [0.25, 0.3) is 0 Å². The second-order valence-electron chi connectivity index (χ2n) is 7.23. The number of thiol groups is 1. The molecule has 0 atom stereocenters. The lowest BCUT2D eigenvalue weighted by Crippen LogP contribution is -2.41. The van der Waals surface area contributed by atoms with Crippen LogP contribution in [0.5, 0.6) is 0 Å². The number of benzene rings is 1. The third kappa shape index (κ3) is 3.41. The zero-order chi connectivity index (χ0) is 14.7. The maximum Gasteiger partial charge on any atom is 0.0399 e. The molecule has 1 heterocycles. The summed E-state index contributed by atoms with van der Waals surface area (Å²) in [6.07, 6.45) is 10.9. The molecule has 0 N–H and O–H groups in total. The summed E-state index contributed by atoms with van der Waals surface area (Å²) in [6.45, 7) is 4.65. The summed E-state index contributed by atoms with van der Waals surface area (Å²) in [6, 6.07) is 7.02. The van der Waals surface area contributed by atoms with E-state index in [0.29, 0.717) is 5.41 Å². The van der Waals surface area contributed by atoms with Gasteiger partial charge in [0, 0.05) is 18.8 Å². The molecule has 0 amide bonds. The van der Waals surface area contributed by atoms with Crippen molar-refractivity contribution in [1.82, 2.24) is 0 Å². The largest absolute Gasteiger partial charge is 0.371 e. The van der Waals surface area contributed by atoms with Gasteiger partial charge in [0.05, 0.1) is 0 Å². The lowest BCUT2D eigenvalue weighted by atomic mass is 9.81. The first-order valence-corrected chi connectivity index (χ1v) is 9.31. The molecule has 3 rings (SSSR count). The smallest absolute Gasteiger partial charge is 0.0399 e. The number of rotatable bonds is 3. The van der Waals surface area contributed by atoms with Gasteiger partial charge in [-0.05, 0) is 55.4 Å². The van der Waals surface area contributed by atoms with Crippen LogP contribution in [0.1, 0.15) is 56.1 Å². The standard InChI is InChI=1S/C19H29NS/c1-16-8-9-18-17(13-16)7-6-12-20(18)14-19(15-21)10-4-2-3-5-11-19/h8-9,13,21H,2-7,10-12,14-15H2,1H3. The summed E-state index contributed by atoms with van der Waals surface area (Å²) < 4.78 is 0. The number of nitrogens with zero attached hydrogens (tertiary/aromatic N) is 1. The molecule has 0 unspecified atom stereocenters. The van der Waals surface area contributed by atoms with Crippen LogP contribution in [0.3, 0.4) is 0 Å². The molecule has 1 nitrogen and oxygen atoms in total. The lowest BCUT2D eigenvalue weighted by molar-refractivity contribution is 0.287. The summed E-state index contributed by atoms with van der Waals surface area (Å²) in [7, 11) is 0. The lowest BCUT2D eigenvalue weighted by Gasteiger charge is -2.41. The van der Waals surface area contributed by atoms with Crippen LogP contribution < -0.4 is 4.90 Å². The molecule has 0 radical (unpaired) electrons. The average Bonchev–Trinajstić information content (AvgIpc) is 2.73. The van der Waals surface area contributed by atoms with E-state index in [9.17, 15) is 0 Å². The maximum absolute atomic E-state index is 4.76. The Hall–Kier alpha value is -0.630. The second-order valence-corrected chi connectivity index (χ2v) is 7.55. The van der Waals surface area contributed by atoms with Gasteiger partial charge in [-0.1, -0.05) is 43.4 Å². The first-order valence-electron chi connectivity index (χ1n) is 8.68. The zero-order valence-corrected chi connectivity index (χ0v) is 14.3. The van der Waals surface area contributed by atoms with Gasteiger partial charge in [0.15, 0.2) is 0 Å². The predicted molar refractivity (Wildman–Crippen MR) is 95.7 cm³/mol. The van der Waals surface area contributed by atoms with Crippen molar-refractivity contribution in [3.05, 3.63) is 29.3 Å². The van der Waals surface area contributed by atoms with E-state index in [0.717, 1.165) is 5.75 Å². The predicted octanol–water partition coefficient (Wildman–Crippen LogP) is 5.02. The summed E-state index contributed by atoms with van der Waals surface area (Å²) in [5.74, 6) is 1.05. The SMILES string of the molecule is Cc1ccc2c(c1)CCCN2CC1(CS)CCCCCC1. The van der Waals surface area contributed by atoms with Gasteiger partial charge in [-0.3, -0.25) is 0 Å². The van der Waals surface area contributed by atoms with Crippen LogP contribution in [0.4, 0.5) is 5.69 Å². The Morgan fingerprint density at radius 2 is 1.86 bits per heavy atom. The van der Waals surface area contributed by atoms with Crippen LogP contribution in [0.25, 0.3) is 0 Å². The van der Waals surface area contributed by atoms with Crippen LogP contribution in [-0.4, -0.2) is 18.8 Å². The molecule has 1 aliphatic heterocycles. The minimum Gasteiger partial charge on any atom is -0.371 e. The van der Waals surface area contributed by atoms with E-state index >= 15 is 0 Å². The normalized spacial score (nSPS) is 21.7. The molecule has 0 saturated heterocycles. The Balaban J connectivity index is 1.81. The van der Waals surface area contributed by atoms with Crippen molar-refractivity contribution in [2.45, 2.75) is 58.3 Å². The summed E-state index contributed by atoms with van der Waals surface area (Å²) in [4.78, 5) is 2.67. The molecule has 21 heavy (non-hydrogen) atoms. The highest BCUT2D eigenvalue weighted by Crippen LogP contribution is 2.39. The average molecular weight is 304 g/mol. The van der Waals surface area contributed by atoms with Gasteiger partial charge in [0.1, 0.15) is 0 Å².